The van der Waals surface area contributed by atoms with Crippen LogP contribution in [0.25, 0.3) is 0 Å². The summed E-state index contributed by atoms with van der Waals surface area (Å²) in [6.07, 6.45) is 3.02. The highest BCUT2D eigenvalue weighted by Gasteiger charge is 2.19. The van der Waals surface area contributed by atoms with Gasteiger partial charge >= 0.3 is 0 Å². The Hall–Kier alpha value is -2.02. The third-order valence-electron chi connectivity index (χ3n) is 4.51. The second-order valence-electron chi connectivity index (χ2n) is 7.19. The highest BCUT2D eigenvalue weighted by Crippen LogP contribution is 2.33. The summed E-state index contributed by atoms with van der Waals surface area (Å²) >= 11 is 7.63. The molecule has 5 nitrogen and oxygen atoms in total. The number of halogens is 1. The fourth-order valence-electron chi connectivity index (χ4n) is 3.15. The lowest BCUT2D eigenvalue weighted by Crippen LogP contribution is -2.27. The van der Waals surface area contributed by atoms with Gasteiger partial charge in [-0.05, 0) is 48.4 Å². The Morgan fingerprint density at radius 3 is 2.89 bits per heavy atom. The highest BCUT2D eigenvalue weighted by atomic mass is 35.5. The van der Waals surface area contributed by atoms with Crippen molar-refractivity contribution in [1.82, 2.24) is 9.80 Å². The van der Waals surface area contributed by atoms with Crippen LogP contribution in [-0.2, 0) is 24.2 Å². The smallest absolute Gasteiger partial charge is 0.228 e. The molecule has 0 saturated heterocycles. The monoisotopic (exact) mass is 416 g/mol. The Kier molecular flexibility index (Phi) is 6.99. The number of amides is 1. The normalized spacial score (nSPS) is 14.1. The maximum atomic E-state index is 12.6. The van der Waals surface area contributed by atoms with Crippen LogP contribution in [0.5, 0.6) is 0 Å². The van der Waals surface area contributed by atoms with E-state index in [0.717, 1.165) is 35.7 Å². The number of hydrogen-bond donors (Lipinski definition) is 1. The number of fused-ring (bicyclic) bond motifs is 1. The van der Waals surface area contributed by atoms with Crippen LogP contribution in [0.4, 0.5) is 5.69 Å². The summed E-state index contributed by atoms with van der Waals surface area (Å²) in [5.41, 5.74) is 4.19. The van der Waals surface area contributed by atoms with Crippen LogP contribution < -0.4 is 5.32 Å². The van der Waals surface area contributed by atoms with Crippen molar-refractivity contribution in [3.05, 3.63) is 58.1 Å². The van der Waals surface area contributed by atoms with E-state index in [1.807, 2.05) is 43.3 Å². The number of carbonyl (C=O) groups excluding carboxylic acids is 1. The first-order valence-electron chi connectivity index (χ1n) is 9.17. The molecule has 1 amide bonds. The van der Waals surface area contributed by atoms with Gasteiger partial charge in [0.1, 0.15) is 0 Å². The molecule has 0 aliphatic carbocycles. The Morgan fingerprint density at radius 2 is 2.14 bits per heavy atom. The molecule has 1 heterocycles. The lowest BCUT2D eigenvalue weighted by atomic mass is 9.99. The highest BCUT2D eigenvalue weighted by molar-refractivity contribution is 7.98. The first kappa shape index (κ1) is 20.7. The van der Waals surface area contributed by atoms with E-state index < -0.39 is 0 Å². The van der Waals surface area contributed by atoms with Gasteiger partial charge in [-0.25, -0.2) is 4.40 Å². The average Bonchev–Trinajstić information content (AvgIpc) is 2.63. The summed E-state index contributed by atoms with van der Waals surface area (Å²) < 4.78 is 4.44. The van der Waals surface area contributed by atoms with Crippen LogP contribution in [0.1, 0.15) is 16.7 Å². The van der Waals surface area contributed by atoms with E-state index in [0.29, 0.717) is 5.02 Å². The lowest BCUT2D eigenvalue weighted by Gasteiger charge is -2.27. The predicted molar refractivity (Wildman–Crippen MR) is 118 cm³/mol. The maximum absolute atomic E-state index is 12.6. The molecule has 148 valence electrons. The molecule has 0 aromatic heterocycles. The fourth-order valence-corrected chi connectivity index (χ4v) is 4.22. The molecule has 1 aliphatic rings. The van der Waals surface area contributed by atoms with E-state index in [-0.39, 0.29) is 12.3 Å². The van der Waals surface area contributed by atoms with Gasteiger partial charge in [0, 0.05) is 54.7 Å². The summed E-state index contributed by atoms with van der Waals surface area (Å²) in [6, 6.07) is 11.5. The van der Waals surface area contributed by atoms with Crippen molar-refractivity contribution >= 4 is 41.5 Å². The quantitative estimate of drug-likeness (QED) is 0.437. The molecule has 0 saturated carbocycles. The minimum absolute atomic E-state index is 0.0787. The average molecular weight is 417 g/mol. The summed E-state index contributed by atoms with van der Waals surface area (Å²) in [5.74, 6) is -0.0787. The molecule has 0 radical (unpaired) electrons. The first-order chi connectivity index (χ1) is 13.4. The number of benzene rings is 2. The molecule has 1 N–H and O–H groups in total. The van der Waals surface area contributed by atoms with Gasteiger partial charge in [0.15, 0.2) is 0 Å². The van der Waals surface area contributed by atoms with Gasteiger partial charge in [-0.15, -0.1) is 0 Å². The molecule has 2 aromatic rings. The minimum Gasteiger partial charge on any atom is -0.368 e. The molecule has 0 spiro atoms. The molecule has 1 aliphatic heterocycles. The Labute approximate surface area is 175 Å². The number of likely N-dealkylation sites (N-methyl/N-ethyl adjacent to an activating group) is 1. The van der Waals surface area contributed by atoms with Gasteiger partial charge < -0.3 is 15.1 Å². The third kappa shape index (κ3) is 5.50. The van der Waals surface area contributed by atoms with Crippen LogP contribution in [0.3, 0.4) is 0 Å². The van der Waals surface area contributed by atoms with Crippen molar-refractivity contribution in [3.63, 3.8) is 0 Å². The molecule has 28 heavy (non-hydrogen) atoms. The summed E-state index contributed by atoms with van der Waals surface area (Å²) in [6.45, 7) is 1.89. The standard InChI is InChI=1S/C21H25ClN4OS/c1-25(2)14-23-28-20-12-17(10-16-13-26(3)9-8-18(16)20)24-21(27)11-15-6-4-5-7-19(15)22/h4-7,10,12,14H,8-9,11,13H2,1-3H3,(H,24,27). The molecule has 0 atom stereocenters. The number of nitrogens with one attached hydrogen (secondary N) is 1. The van der Waals surface area contributed by atoms with Crippen LogP contribution >= 0.6 is 23.5 Å². The van der Waals surface area contributed by atoms with Gasteiger partial charge in [0.2, 0.25) is 5.91 Å². The zero-order valence-electron chi connectivity index (χ0n) is 16.4. The second-order valence-corrected chi connectivity index (χ2v) is 8.43. The van der Waals surface area contributed by atoms with Gasteiger partial charge in [-0.3, -0.25) is 4.79 Å². The Balaban J connectivity index is 1.81. The SMILES string of the molecule is CN(C)C=NSc1cc(NC(=O)Cc2ccccc2Cl)cc2c1CCN(C)C2. The number of anilines is 1. The molecule has 3 rings (SSSR count). The predicted octanol–water partition coefficient (Wildman–Crippen LogP) is 4.11. The zero-order chi connectivity index (χ0) is 20.1. The van der Waals surface area contributed by atoms with E-state index in [1.54, 1.807) is 12.4 Å². The zero-order valence-corrected chi connectivity index (χ0v) is 18.0. The number of carbonyl (C=O) groups is 1. The second kappa shape index (κ2) is 9.45. The minimum atomic E-state index is -0.0787. The van der Waals surface area contributed by atoms with Crippen LogP contribution in [0.15, 0.2) is 45.7 Å². The third-order valence-corrected chi connectivity index (χ3v) is 5.64. The fraction of sp³-hybridized carbons (Fsp3) is 0.333. The number of rotatable bonds is 6. The Bertz CT molecular complexity index is 885. The van der Waals surface area contributed by atoms with E-state index in [9.17, 15) is 4.79 Å². The van der Waals surface area contributed by atoms with Gasteiger partial charge in [-0.1, -0.05) is 29.8 Å². The van der Waals surface area contributed by atoms with Crippen molar-refractivity contribution < 1.29 is 4.79 Å². The van der Waals surface area contributed by atoms with Crippen molar-refractivity contribution in [1.29, 1.82) is 0 Å². The lowest BCUT2D eigenvalue weighted by molar-refractivity contribution is -0.115. The van der Waals surface area contributed by atoms with Crippen molar-refractivity contribution in [2.75, 3.05) is 33.0 Å². The summed E-state index contributed by atoms with van der Waals surface area (Å²) in [4.78, 5) is 17.8. The molecule has 0 fully saturated rings. The van der Waals surface area contributed by atoms with Crippen LogP contribution in [0.2, 0.25) is 5.02 Å². The van der Waals surface area contributed by atoms with Crippen LogP contribution in [-0.4, -0.2) is 49.7 Å². The number of nitrogens with zero attached hydrogens (tertiary/aromatic N) is 3. The van der Waals surface area contributed by atoms with E-state index in [4.69, 9.17) is 11.6 Å². The Morgan fingerprint density at radius 1 is 1.36 bits per heavy atom. The van der Waals surface area contributed by atoms with Gasteiger partial charge in [-0.2, -0.15) is 0 Å². The molecule has 7 heteroatoms. The van der Waals surface area contributed by atoms with Crippen molar-refractivity contribution in [3.8, 4) is 0 Å². The largest absolute Gasteiger partial charge is 0.368 e. The van der Waals surface area contributed by atoms with Gasteiger partial charge in [0.05, 0.1) is 12.8 Å². The topological polar surface area (TPSA) is 47.9 Å². The summed E-state index contributed by atoms with van der Waals surface area (Å²) in [7, 11) is 6.00. The summed E-state index contributed by atoms with van der Waals surface area (Å²) in [5, 5.41) is 3.64. The number of hydrogen-bond acceptors (Lipinski definition) is 4. The van der Waals surface area contributed by atoms with Crippen molar-refractivity contribution in [2.45, 2.75) is 24.3 Å². The molecule has 2 aromatic carbocycles. The maximum Gasteiger partial charge on any atom is 0.228 e. The molecular formula is C21H25ClN4OS. The van der Waals surface area contributed by atoms with Crippen molar-refractivity contribution in [2.24, 2.45) is 4.40 Å². The molecule has 0 bridgehead atoms. The van der Waals surface area contributed by atoms with Crippen LogP contribution in [0, 0.1) is 0 Å². The van der Waals surface area contributed by atoms with Gasteiger partial charge in [0.25, 0.3) is 0 Å². The van der Waals surface area contributed by atoms with E-state index in [1.165, 1.54) is 23.1 Å². The molecular weight excluding hydrogens is 392 g/mol. The molecule has 0 unspecified atom stereocenters. The van der Waals surface area contributed by atoms with E-state index in [2.05, 4.69) is 27.7 Å². The first-order valence-corrected chi connectivity index (χ1v) is 10.3. The van der Waals surface area contributed by atoms with E-state index >= 15 is 0 Å².